The Kier molecular flexibility index (Phi) is 4.27. The molecule has 142 valence electrons. The number of piperazine rings is 1. The maximum atomic E-state index is 13.2. The minimum Gasteiger partial charge on any atom is -0.383 e. The standard InChI is InChI=1S/C18H25N3O5/c1-3-19-6-7-20(10-13(19)22)16(23)14-12-4-5-18(26-12)11-21(8-9-25-2)17(24)15(14)18/h4-5,12,14-15H,3,6-11H2,1-2H3/t12-,14-,15+,18-/m0/s1. The molecule has 2 bridgehead atoms. The van der Waals surface area contributed by atoms with E-state index in [1.165, 1.54) is 0 Å². The number of amides is 3. The summed E-state index contributed by atoms with van der Waals surface area (Å²) in [5.41, 5.74) is -0.703. The van der Waals surface area contributed by atoms with Crippen LogP contribution < -0.4 is 0 Å². The summed E-state index contributed by atoms with van der Waals surface area (Å²) < 4.78 is 11.2. The summed E-state index contributed by atoms with van der Waals surface area (Å²) in [6.07, 6.45) is 3.47. The molecule has 8 heteroatoms. The second-order valence-corrected chi connectivity index (χ2v) is 7.39. The molecule has 0 radical (unpaired) electrons. The number of fused-ring (bicyclic) bond motifs is 1. The van der Waals surface area contributed by atoms with Crippen LogP contribution in [0.3, 0.4) is 0 Å². The third-order valence-electron chi connectivity index (χ3n) is 6.04. The molecule has 0 aromatic heterocycles. The van der Waals surface area contributed by atoms with Gasteiger partial charge >= 0.3 is 0 Å². The zero-order valence-corrected chi connectivity index (χ0v) is 15.2. The zero-order valence-electron chi connectivity index (χ0n) is 15.2. The summed E-state index contributed by atoms with van der Waals surface area (Å²) in [5.74, 6) is -1.27. The molecular formula is C18H25N3O5. The van der Waals surface area contributed by atoms with Gasteiger partial charge in [0.15, 0.2) is 0 Å². The second kappa shape index (κ2) is 6.35. The Hall–Kier alpha value is -1.93. The maximum absolute atomic E-state index is 13.2. The molecule has 4 heterocycles. The fourth-order valence-corrected chi connectivity index (χ4v) is 4.69. The Morgan fingerprint density at radius 3 is 2.85 bits per heavy atom. The van der Waals surface area contributed by atoms with Gasteiger partial charge in [-0.2, -0.15) is 0 Å². The van der Waals surface area contributed by atoms with Crippen molar-refractivity contribution < 1.29 is 23.9 Å². The number of carbonyl (C=O) groups excluding carboxylic acids is 3. The summed E-state index contributed by atoms with van der Waals surface area (Å²) in [6.45, 7) is 5.11. The van der Waals surface area contributed by atoms with Gasteiger partial charge in [-0.05, 0) is 6.92 Å². The van der Waals surface area contributed by atoms with Crippen molar-refractivity contribution in [2.75, 3.05) is 53.0 Å². The lowest BCUT2D eigenvalue weighted by atomic mass is 9.76. The smallest absolute Gasteiger partial charge is 0.242 e. The molecule has 8 nitrogen and oxygen atoms in total. The Labute approximate surface area is 152 Å². The van der Waals surface area contributed by atoms with Crippen molar-refractivity contribution in [2.45, 2.75) is 18.6 Å². The Morgan fingerprint density at radius 1 is 1.35 bits per heavy atom. The highest BCUT2D eigenvalue weighted by atomic mass is 16.5. The molecule has 0 N–H and O–H groups in total. The average Bonchev–Trinajstić information content (AvgIpc) is 3.27. The van der Waals surface area contributed by atoms with Gasteiger partial charge in [-0.3, -0.25) is 14.4 Å². The van der Waals surface area contributed by atoms with Crippen molar-refractivity contribution in [3.8, 4) is 0 Å². The van der Waals surface area contributed by atoms with Crippen LogP contribution in [0.5, 0.6) is 0 Å². The van der Waals surface area contributed by atoms with E-state index in [2.05, 4.69) is 0 Å². The molecule has 3 saturated heterocycles. The third kappa shape index (κ3) is 2.46. The van der Waals surface area contributed by atoms with Gasteiger partial charge in [0.25, 0.3) is 0 Å². The Balaban J connectivity index is 1.53. The van der Waals surface area contributed by atoms with E-state index in [1.807, 2.05) is 19.1 Å². The van der Waals surface area contributed by atoms with Crippen molar-refractivity contribution in [1.29, 1.82) is 0 Å². The van der Waals surface area contributed by atoms with Crippen LogP contribution in [0.2, 0.25) is 0 Å². The highest BCUT2D eigenvalue weighted by molar-refractivity contribution is 5.94. The largest absolute Gasteiger partial charge is 0.383 e. The van der Waals surface area contributed by atoms with Gasteiger partial charge in [-0.15, -0.1) is 0 Å². The third-order valence-corrected chi connectivity index (χ3v) is 6.04. The number of likely N-dealkylation sites (tertiary alicyclic amines) is 1. The molecule has 4 atom stereocenters. The first-order chi connectivity index (χ1) is 12.5. The zero-order chi connectivity index (χ0) is 18.5. The summed E-state index contributed by atoms with van der Waals surface area (Å²) in [4.78, 5) is 43.4. The monoisotopic (exact) mass is 363 g/mol. The summed E-state index contributed by atoms with van der Waals surface area (Å²) in [6, 6.07) is 0. The van der Waals surface area contributed by atoms with Crippen LogP contribution in [0.15, 0.2) is 12.2 Å². The van der Waals surface area contributed by atoms with Gasteiger partial charge in [0, 0.05) is 33.3 Å². The molecule has 3 fully saturated rings. The summed E-state index contributed by atoms with van der Waals surface area (Å²) in [5, 5.41) is 0. The van der Waals surface area contributed by atoms with E-state index >= 15 is 0 Å². The number of carbonyl (C=O) groups is 3. The molecule has 26 heavy (non-hydrogen) atoms. The lowest BCUT2D eigenvalue weighted by Gasteiger charge is -2.36. The first-order valence-electron chi connectivity index (χ1n) is 9.22. The van der Waals surface area contributed by atoms with E-state index in [9.17, 15) is 14.4 Å². The van der Waals surface area contributed by atoms with Gasteiger partial charge in [0.05, 0.1) is 37.6 Å². The van der Waals surface area contributed by atoms with Crippen molar-refractivity contribution in [1.82, 2.24) is 14.7 Å². The van der Waals surface area contributed by atoms with Crippen LogP contribution in [-0.4, -0.2) is 97.1 Å². The highest BCUT2D eigenvalue weighted by Crippen LogP contribution is 2.52. The van der Waals surface area contributed by atoms with Gasteiger partial charge in [-0.25, -0.2) is 0 Å². The second-order valence-electron chi connectivity index (χ2n) is 7.39. The molecule has 0 saturated carbocycles. The van der Waals surface area contributed by atoms with E-state index in [0.29, 0.717) is 39.3 Å². The van der Waals surface area contributed by atoms with Crippen molar-refractivity contribution in [3.05, 3.63) is 12.2 Å². The van der Waals surface area contributed by atoms with Gasteiger partial charge < -0.3 is 24.2 Å². The molecule has 0 aromatic carbocycles. The van der Waals surface area contributed by atoms with E-state index in [4.69, 9.17) is 9.47 Å². The molecule has 0 aliphatic carbocycles. The minimum absolute atomic E-state index is 0.0408. The number of ether oxygens (including phenoxy) is 2. The number of rotatable bonds is 5. The minimum atomic E-state index is -0.703. The molecular weight excluding hydrogens is 338 g/mol. The number of hydrogen-bond acceptors (Lipinski definition) is 5. The number of likely N-dealkylation sites (N-methyl/N-ethyl adjacent to an activating group) is 1. The van der Waals surface area contributed by atoms with Crippen molar-refractivity contribution >= 4 is 17.7 Å². The quantitative estimate of drug-likeness (QED) is 0.592. The number of hydrogen-bond donors (Lipinski definition) is 0. The topological polar surface area (TPSA) is 79.4 Å². The van der Waals surface area contributed by atoms with Crippen LogP contribution in [0.4, 0.5) is 0 Å². The van der Waals surface area contributed by atoms with Gasteiger partial charge in [-0.1, -0.05) is 12.2 Å². The Bertz CT molecular complexity index is 665. The molecule has 4 aliphatic heterocycles. The van der Waals surface area contributed by atoms with Gasteiger partial charge in [0.1, 0.15) is 5.60 Å². The molecule has 4 rings (SSSR count). The van der Waals surface area contributed by atoms with E-state index in [0.717, 1.165) is 0 Å². The molecule has 0 aromatic rings. The fraction of sp³-hybridized carbons (Fsp3) is 0.722. The SMILES string of the molecule is CCN1CCN(C(=O)[C@H]2[C@@H]3C=C[C@@]4(CN(CCOC)C(=O)[C@@H]24)O3)CC1=O. The van der Waals surface area contributed by atoms with Crippen molar-refractivity contribution in [2.24, 2.45) is 11.8 Å². The van der Waals surface area contributed by atoms with E-state index < -0.39 is 17.4 Å². The lowest BCUT2D eigenvalue weighted by molar-refractivity contribution is -0.150. The van der Waals surface area contributed by atoms with E-state index in [-0.39, 0.29) is 30.4 Å². The van der Waals surface area contributed by atoms with E-state index in [1.54, 1.807) is 21.8 Å². The van der Waals surface area contributed by atoms with Crippen molar-refractivity contribution in [3.63, 3.8) is 0 Å². The summed E-state index contributed by atoms with van der Waals surface area (Å²) in [7, 11) is 1.60. The predicted octanol–water partition coefficient (Wildman–Crippen LogP) is -0.894. The molecule has 4 aliphatic rings. The first kappa shape index (κ1) is 17.5. The number of methoxy groups -OCH3 is 1. The van der Waals surface area contributed by atoms with Crippen LogP contribution >= 0.6 is 0 Å². The van der Waals surface area contributed by atoms with Gasteiger partial charge in [0.2, 0.25) is 17.7 Å². The normalized spacial score (nSPS) is 35.6. The molecule has 0 unspecified atom stereocenters. The van der Waals surface area contributed by atoms with Crippen LogP contribution in [0, 0.1) is 11.8 Å². The molecule has 3 amide bonds. The number of nitrogens with zero attached hydrogens (tertiary/aromatic N) is 3. The summed E-state index contributed by atoms with van der Waals surface area (Å²) >= 11 is 0. The fourth-order valence-electron chi connectivity index (χ4n) is 4.69. The Morgan fingerprint density at radius 2 is 2.15 bits per heavy atom. The van der Waals surface area contributed by atoms with Crippen LogP contribution in [-0.2, 0) is 23.9 Å². The van der Waals surface area contributed by atoms with Crippen LogP contribution in [0.1, 0.15) is 6.92 Å². The van der Waals surface area contributed by atoms with Crippen LogP contribution in [0.25, 0.3) is 0 Å². The lowest BCUT2D eigenvalue weighted by Crippen LogP contribution is -2.55. The molecule has 1 spiro atoms. The highest BCUT2D eigenvalue weighted by Gasteiger charge is 2.67. The average molecular weight is 363 g/mol. The first-order valence-corrected chi connectivity index (χ1v) is 9.22. The predicted molar refractivity (Wildman–Crippen MR) is 91.0 cm³/mol. The maximum Gasteiger partial charge on any atom is 0.242 e.